The van der Waals surface area contributed by atoms with E-state index in [1.54, 1.807) is 6.07 Å². The van der Waals surface area contributed by atoms with Gasteiger partial charge in [-0.15, -0.1) is 0 Å². The maximum atomic E-state index is 14.3. The summed E-state index contributed by atoms with van der Waals surface area (Å²) in [7, 11) is 0. The zero-order valence-electron chi connectivity index (χ0n) is 12.5. The lowest BCUT2D eigenvalue weighted by Gasteiger charge is -2.27. The van der Waals surface area contributed by atoms with Crippen LogP contribution in [-0.2, 0) is 10.1 Å². The van der Waals surface area contributed by atoms with Gasteiger partial charge in [0.15, 0.2) is 0 Å². The van der Waals surface area contributed by atoms with E-state index in [4.69, 9.17) is 0 Å². The maximum Gasteiger partial charge on any atom is 0.225 e. The van der Waals surface area contributed by atoms with Crippen LogP contribution in [0.3, 0.4) is 0 Å². The molecule has 0 saturated carbocycles. The molecule has 2 aromatic carbocycles. The summed E-state index contributed by atoms with van der Waals surface area (Å²) in [6.45, 7) is 4.05. The van der Waals surface area contributed by atoms with Crippen molar-refractivity contribution in [1.82, 2.24) is 0 Å². The van der Waals surface area contributed by atoms with Crippen molar-refractivity contribution >= 4 is 27.5 Å². The largest absolute Gasteiger partial charge is 0.326 e. The van der Waals surface area contributed by atoms with Crippen molar-refractivity contribution in [3.05, 3.63) is 64.0 Å². The van der Waals surface area contributed by atoms with Crippen LogP contribution in [0.4, 0.5) is 10.1 Å². The minimum Gasteiger partial charge on any atom is -0.326 e. The lowest BCUT2D eigenvalue weighted by atomic mass is 9.82. The smallest absolute Gasteiger partial charge is 0.225 e. The average molecular weight is 362 g/mol. The molecule has 1 heterocycles. The number of halogens is 2. The number of nitrogens with one attached hydrogen (secondary N) is 1. The predicted octanol–water partition coefficient (Wildman–Crippen LogP) is 4.81. The lowest BCUT2D eigenvalue weighted by molar-refractivity contribution is -0.116. The van der Waals surface area contributed by atoms with E-state index >= 15 is 0 Å². The standard InChI is InChI=1S/C18H17BrFNO/c1-10-5-15-13(8-18(22)21-17(15)6-11(10)2)14-7-12(9-19)3-4-16(14)20/h3-7,13H,8-9H2,1-2H3,(H,21,22). The molecule has 1 amide bonds. The van der Waals surface area contributed by atoms with E-state index in [0.717, 1.165) is 27.9 Å². The molecule has 0 bridgehead atoms. The van der Waals surface area contributed by atoms with Gasteiger partial charge in [-0.1, -0.05) is 34.1 Å². The lowest BCUT2D eigenvalue weighted by Crippen LogP contribution is -2.24. The number of alkyl halides is 1. The monoisotopic (exact) mass is 361 g/mol. The zero-order chi connectivity index (χ0) is 15.9. The number of benzene rings is 2. The highest BCUT2D eigenvalue weighted by Gasteiger charge is 2.29. The van der Waals surface area contributed by atoms with E-state index < -0.39 is 0 Å². The highest BCUT2D eigenvalue weighted by atomic mass is 79.9. The molecule has 1 aliphatic rings. The first-order chi connectivity index (χ1) is 10.5. The summed E-state index contributed by atoms with van der Waals surface area (Å²) in [6.07, 6.45) is 0.276. The second-order valence-electron chi connectivity index (χ2n) is 5.82. The topological polar surface area (TPSA) is 29.1 Å². The molecular weight excluding hydrogens is 345 g/mol. The number of anilines is 1. The van der Waals surface area contributed by atoms with Gasteiger partial charge < -0.3 is 5.32 Å². The molecule has 1 atom stereocenters. The summed E-state index contributed by atoms with van der Waals surface area (Å²) in [6, 6.07) is 9.14. The van der Waals surface area contributed by atoms with Crippen LogP contribution in [0.2, 0.25) is 0 Å². The Hall–Kier alpha value is -1.68. The maximum absolute atomic E-state index is 14.3. The van der Waals surface area contributed by atoms with Gasteiger partial charge >= 0.3 is 0 Å². The Morgan fingerprint density at radius 3 is 2.64 bits per heavy atom. The van der Waals surface area contributed by atoms with Crippen LogP contribution in [-0.4, -0.2) is 5.91 Å². The molecule has 22 heavy (non-hydrogen) atoms. The van der Waals surface area contributed by atoms with Crippen molar-refractivity contribution in [3.8, 4) is 0 Å². The Balaban J connectivity index is 2.17. The van der Waals surface area contributed by atoms with Gasteiger partial charge in [-0.25, -0.2) is 4.39 Å². The minimum atomic E-state index is -0.256. The Morgan fingerprint density at radius 2 is 1.91 bits per heavy atom. The molecule has 0 aromatic heterocycles. The van der Waals surface area contributed by atoms with E-state index in [-0.39, 0.29) is 24.1 Å². The van der Waals surface area contributed by atoms with Gasteiger partial charge in [0.05, 0.1) is 0 Å². The van der Waals surface area contributed by atoms with Gasteiger partial charge in [0.25, 0.3) is 0 Å². The number of carbonyl (C=O) groups is 1. The van der Waals surface area contributed by atoms with Crippen LogP contribution >= 0.6 is 15.9 Å². The van der Waals surface area contributed by atoms with Gasteiger partial charge in [-0.2, -0.15) is 0 Å². The van der Waals surface area contributed by atoms with Crippen molar-refractivity contribution in [1.29, 1.82) is 0 Å². The van der Waals surface area contributed by atoms with Gasteiger partial charge in [0.2, 0.25) is 5.91 Å². The van der Waals surface area contributed by atoms with E-state index in [0.29, 0.717) is 10.9 Å². The molecule has 3 rings (SSSR count). The molecule has 0 aliphatic carbocycles. The van der Waals surface area contributed by atoms with Gasteiger partial charge in [-0.3, -0.25) is 4.79 Å². The molecule has 114 valence electrons. The fourth-order valence-electron chi connectivity index (χ4n) is 2.95. The number of rotatable bonds is 2. The Kier molecular flexibility index (Phi) is 4.04. The van der Waals surface area contributed by atoms with Crippen molar-refractivity contribution < 1.29 is 9.18 Å². The van der Waals surface area contributed by atoms with Crippen LogP contribution in [0.1, 0.15) is 40.2 Å². The molecule has 1 N–H and O–H groups in total. The molecule has 1 aliphatic heterocycles. The summed E-state index contributed by atoms with van der Waals surface area (Å²) in [4.78, 5) is 12.0. The third kappa shape index (κ3) is 2.68. The van der Waals surface area contributed by atoms with Crippen LogP contribution in [0.25, 0.3) is 0 Å². The zero-order valence-corrected chi connectivity index (χ0v) is 14.1. The Labute approximate surface area is 137 Å². The second-order valence-corrected chi connectivity index (χ2v) is 6.38. The molecular formula is C18H17BrFNO. The molecule has 0 spiro atoms. The van der Waals surface area contributed by atoms with E-state index in [1.807, 2.05) is 26.0 Å². The first-order valence-electron chi connectivity index (χ1n) is 7.25. The molecule has 0 radical (unpaired) electrons. The number of amides is 1. The summed E-state index contributed by atoms with van der Waals surface area (Å²) >= 11 is 3.40. The van der Waals surface area contributed by atoms with Crippen molar-refractivity contribution in [3.63, 3.8) is 0 Å². The van der Waals surface area contributed by atoms with Crippen molar-refractivity contribution in [2.45, 2.75) is 31.5 Å². The first-order valence-corrected chi connectivity index (χ1v) is 8.37. The first kappa shape index (κ1) is 15.2. The second kappa shape index (κ2) is 5.84. The number of hydrogen-bond acceptors (Lipinski definition) is 1. The summed E-state index contributed by atoms with van der Waals surface area (Å²) in [5, 5.41) is 3.57. The molecule has 0 saturated heterocycles. The summed E-state index contributed by atoms with van der Waals surface area (Å²) in [5.41, 5.74) is 5.66. The fraction of sp³-hybridized carbons (Fsp3) is 0.278. The Morgan fingerprint density at radius 1 is 1.18 bits per heavy atom. The highest BCUT2D eigenvalue weighted by molar-refractivity contribution is 9.08. The molecule has 0 fully saturated rings. The number of aryl methyl sites for hydroxylation is 2. The summed E-state index contributed by atoms with van der Waals surface area (Å²) < 4.78 is 14.3. The molecule has 2 nitrogen and oxygen atoms in total. The number of fused-ring (bicyclic) bond motifs is 1. The van der Waals surface area contributed by atoms with Gasteiger partial charge in [0, 0.05) is 23.4 Å². The predicted molar refractivity (Wildman–Crippen MR) is 90.0 cm³/mol. The van der Waals surface area contributed by atoms with Crippen LogP contribution in [0, 0.1) is 19.7 Å². The van der Waals surface area contributed by atoms with Gasteiger partial charge in [-0.05, 0) is 53.8 Å². The minimum absolute atomic E-state index is 0.0654. The van der Waals surface area contributed by atoms with Crippen molar-refractivity contribution in [2.75, 3.05) is 5.32 Å². The number of carbonyl (C=O) groups excluding carboxylic acids is 1. The fourth-order valence-corrected chi connectivity index (χ4v) is 3.30. The van der Waals surface area contributed by atoms with E-state index in [2.05, 4.69) is 27.3 Å². The van der Waals surface area contributed by atoms with Crippen LogP contribution in [0.15, 0.2) is 30.3 Å². The molecule has 1 unspecified atom stereocenters. The van der Waals surface area contributed by atoms with E-state index in [9.17, 15) is 9.18 Å². The third-order valence-corrected chi connectivity index (χ3v) is 4.94. The van der Waals surface area contributed by atoms with E-state index in [1.165, 1.54) is 6.07 Å². The number of hydrogen-bond donors (Lipinski definition) is 1. The van der Waals surface area contributed by atoms with Crippen LogP contribution in [0.5, 0.6) is 0 Å². The Bertz CT molecular complexity index is 757. The summed E-state index contributed by atoms with van der Waals surface area (Å²) in [5.74, 6) is -0.556. The third-order valence-electron chi connectivity index (χ3n) is 4.30. The molecule has 2 aromatic rings. The quantitative estimate of drug-likeness (QED) is 0.763. The highest BCUT2D eigenvalue weighted by Crippen LogP contribution is 2.39. The average Bonchev–Trinajstić information content (AvgIpc) is 2.49. The molecule has 4 heteroatoms. The van der Waals surface area contributed by atoms with Crippen molar-refractivity contribution in [2.24, 2.45) is 0 Å². The van der Waals surface area contributed by atoms with Gasteiger partial charge in [0.1, 0.15) is 5.82 Å². The van der Waals surface area contributed by atoms with Crippen LogP contribution < -0.4 is 5.32 Å². The normalized spacial score (nSPS) is 17.1. The SMILES string of the molecule is Cc1cc2c(cc1C)C(c1cc(CBr)ccc1F)CC(=O)N2.